The van der Waals surface area contributed by atoms with Crippen LogP contribution in [0.1, 0.15) is 120 Å². The molecule has 105 heavy (non-hydrogen) atoms. The number of thiocarbonyl (C=S) groups is 1. The van der Waals surface area contributed by atoms with Crippen LogP contribution >= 0.6 is 34.9 Å². The molecule has 22 nitrogen and oxygen atoms in total. The number of thiazole rings is 2. The van der Waals surface area contributed by atoms with E-state index in [-0.39, 0.29) is 28.5 Å². The number of carbonyl (C=O) groups is 6. The molecule has 12 N–H and O–H groups in total. The first kappa shape index (κ1) is 81.8. The van der Waals surface area contributed by atoms with Gasteiger partial charge >= 0.3 is 23.9 Å². The Balaban J connectivity index is 0.000000200. The van der Waals surface area contributed by atoms with E-state index >= 15 is 0 Å². The summed E-state index contributed by atoms with van der Waals surface area (Å²) in [4.78, 5) is 74.9. The summed E-state index contributed by atoms with van der Waals surface area (Å²) in [5.74, 6) is -2.89. The maximum Gasteiger partial charge on any atom is 0.357 e. The fraction of sp³-hybridized carbons (Fsp3) is 0.188. The van der Waals surface area contributed by atoms with Gasteiger partial charge in [-0.05, 0) is 123 Å². The molecule has 2 unspecified atom stereocenters. The number of amides is 2. The maximum absolute atomic E-state index is 11.8. The molecule has 2 heterocycles. The Morgan fingerprint density at radius 3 is 1.15 bits per heavy atom. The molecule has 2 amide bonds. The summed E-state index contributed by atoms with van der Waals surface area (Å²) in [7, 11) is 1.41. The second-order valence-corrected chi connectivity index (χ2v) is 25.3. The number of methoxy groups -OCH3 is 1. The van der Waals surface area contributed by atoms with Crippen molar-refractivity contribution in [1.29, 1.82) is 0 Å². The van der Waals surface area contributed by atoms with Crippen LogP contribution in [0.25, 0.3) is 21.1 Å². The predicted octanol–water partition coefficient (Wildman–Crippen LogP) is 15.3. The summed E-state index contributed by atoms with van der Waals surface area (Å²) in [5, 5.41) is 57.8. The number of esters is 2. The van der Waals surface area contributed by atoms with Crippen molar-refractivity contribution in [2.75, 3.05) is 13.7 Å². The van der Waals surface area contributed by atoms with Gasteiger partial charge in [-0.1, -0.05) is 177 Å². The van der Waals surface area contributed by atoms with Gasteiger partial charge in [0.15, 0.2) is 34.4 Å². The molecule has 0 aliphatic heterocycles. The highest BCUT2D eigenvalue weighted by Gasteiger charge is 2.34. The van der Waals surface area contributed by atoms with Crippen molar-refractivity contribution in [3.63, 3.8) is 0 Å². The summed E-state index contributed by atoms with van der Waals surface area (Å²) in [6.45, 7) is 17.5. The number of nitrogens with two attached hydrogens (primary N) is 3. The minimum absolute atomic E-state index is 0.0560. The number of hydrogen-bond donors (Lipinski definition) is 9. The number of allylic oxidation sites excluding steroid dienone is 2. The van der Waals surface area contributed by atoms with Crippen LogP contribution in [0.2, 0.25) is 0 Å². The van der Waals surface area contributed by atoms with Gasteiger partial charge in [-0.25, -0.2) is 29.1 Å². The molecule has 12 rings (SSSR count). The van der Waals surface area contributed by atoms with Crippen molar-refractivity contribution in [2.24, 2.45) is 29.0 Å². The largest absolute Gasteiger partial charge is 0.504 e. The Hall–Kier alpha value is -12.2. The molecule has 0 saturated carbocycles. The van der Waals surface area contributed by atoms with E-state index in [9.17, 15) is 28.8 Å². The average molecular weight is 1480 g/mol. The number of primary amides is 2. The Bertz CT molecular complexity index is 4690. The number of benzene rings is 8. The average Bonchev–Trinajstić information content (AvgIpc) is 1.66. The zero-order valence-corrected chi connectivity index (χ0v) is 61.4. The second kappa shape index (κ2) is 39.9. The smallest absolute Gasteiger partial charge is 0.357 e. The third kappa shape index (κ3) is 24.0. The first-order chi connectivity index (χ1) is 50.1. The van der Waals surface area contributed by atoms with Gasteiger partial charge in [0.2, 0.25) is 0 Å². The van der Waals surface area contributed by atoms with E-state index < -0.39 is 47.0 Å². The number of aromatic hydroxyl groups is 4. The summed E-state index contributed by atoms with van der Waals surface area (Å²) in [6.07, 6.45) is 0. The Morgan fingerprint density at radius 2 is 0.819 bits per heavy atom. The van der Waals surface area contributed by atoms with Gasteiger partial charge in [0.1, 0.15) is 52.6 Å². The van der Waals surface area contributed by atoms with Crippen molar-refractivity contribution in [3.8, 4) is 61.4 Å². The van der Waals surface area contributed by atoms with Crippen LogP contribution in [-0.2, 0) is 34.1 Å². The molecule has 0 saturated heterocycles. The zero-order chi connectivity index (χ0) is 77.0. The van der Waals surface area contributed by atoms with Crippen LogP contribution in [0.5, 0.6) is 40.2 Å². The molecule has 0 fully saturated rings. The molecule has 8 aromatic carbocycles. The van der Waals surface area contributed by atoms with Crippen LogP contribution in [0.4, 0.5) is 0 Å². The first-order valence-corrected chi connectivity index (χ1v) is 34.5. The molecule has 0 spiro atoms. The zero-order valence-electron chi connectivity index (χ0n) is 59.0. The first-order valence-electron chi connectivity index (χ1n) is 32.4. The number of rotatable bonds is 19. The number of hydrogen-bond acceptors (Lipinski definition) is 20. The highest BCUT2D eigenvalue weighted by molar-refractivity contribution is 7.80. The number of aromatic nitrogens is 2. The Morgan fingerprint density at radius 1 is 0.457 bits per heavy atom. The minimum Gasteiger partial charge on any atom is -0.504 e. The van der Waals surface area contributed by atoms with Gasteiger partial charge in [0.25, 0.3) is 11.8 Å². The molecule has 2 aliphatic carbocycles. The van der Waals surface area contributed by atoms with Gasteiger partial charge in [-0.3, -0.25) is 9.59 Å². The van der Waals surface area contributed by atoms with Crippen molar-refractivity contribution < 1.29 is 83.1 Å². The van der Waals surface area contributed by atoms with Crippen molar-refractivity contribution in [3.05, 3.63) is 277 Å². The third-order valence-electron chi connectivity index (χ3n) is 15.8. The Kier molecular flexibility index (Phi) is 31.0. The van der Waals surface area contributed by atoms with Crippen LogP contribution in [-0.4, -0.2) is 95.0 Å². The van der Waals surface area contributed by atoms with Gasteiger partial charge in [0.05, 0.1) is 41.0 Å². The number of ether oxygens (including phenoxy) is 5. The SMILES string of the molecule is CC1=C(C(N)=S)C1C.CCOC(=O)c1csc(-c2cccc(C)c2OCc2ccccc2)n1.COC(=O)C1=C(C)C1C.Cc1cccc(-c2nc(C(=O)O)cs2)c1OCc1ccccc1.Cc1cccc(C(N)=O)c1OCc1ccccc1.NC(=O)c1cccc(O)c1O.O=C(O)c1cccc(O)c1O. The lowest BCUT2D eigenvalue weighted by Crippen LogP contribution is -2.13. The number of carboxylic acid groups (broad SMARTS) is 2. The van der Waals surface area contributed by atoms with Crippen molar-refractivity contribution in [1.82, 2.24) is 9.97 Å². The van der Waals surface area contributed by atoms with Crippen LogP contribution < -0.4 is 31.4 Å². The van der Waals surface area contributed by atoms with Gasteiger partial charge in [-0.15, -0.1) is 22.7 Å². The molecular weight excluding hydrogens is 1400 g/mol. The Labute approximate surface area is 620 Å². The summed E-state index contributed by atoms with van der Waals surface area (Å²) < 4.78 is 27.3. The van der Waals surface area contributed by atoms with E-state index in [2.05, 4.69) is 28.6 Å². The van der Waals surface area contributed by atoms with Gasteiger partial charge in [-0.2, -0.15) is 0 Å². The number of aromatic carboxylic acids is 2. The number of nitrogens with zero attached hydrogens (tertiary/aromatic N) is 2. The van der Waals surface area contributed by atoms with E-state index in [1.807, 2.05) is 168 Å². The van der Waals surface area contributed by atoms with E-state index in [1.165, 1.54) is 82.9 Å². The van der Waals surface area contributed by atoms with Crippen LogP contribution in [0.3, 0.4) is 0 Å². The highest BCUT2D eigenvalue weighted by Crippen LogP contribution is 2.40. The fourth-order valence-corrected chi connectivity index (χ4v) is 11.7. The van der Waals surface area contributed by atoms with Gasteiger partial charge < -0.3 is 71.5 Å². The molecule has 0 radical (unpaired) electrons. The molecule has 2 aromatic heterocycles. The number of phenolic OH excluding ortho intramolecular Hbond substituents is 2. The lowest BCUT2D eigenvalue weighted by Gasteiger charge is -2.13. The quantitative estimate of drug-likeness (QED) is 0.0206. The lowest BCUT2D eigenvalue weighted by atomic mass is 10.1. The molecule has 2 aliphatic rings. The molecule has 25 heteroatoms. The van der Waals surface area contributed by atoms with E-state index in [1.54, 1.807) is 29.8 Å². The summed E-state index contributed by atoms with van der Waals surface area (Å²) in [5.41, 5.74) is 28.4. The molecule has 546 valence electrons. The topological polar surface area (TPSA) is 374 Å². The summed E-state index contributed by atoms with van der Waals surface area (Å²) >= 11 is 7.47. The van der Waals surface area contributed by atoms with Crippen LogP contribution in [0, 0.1) is 32.6 Å². The third-order valence-corrected chi connectivity index (χ3v) is 17.8. The van der Waals surface area contributed by atoms with Crippen molar-refractivity contribution >= 4 is 75.6 Å². The number of aryl methyl sites for hydroxylation is 3. The molecule has 10 aromatic rings. The van der Waals surface area contributed by atoms with Crippen molar-refractivity contribution in [2.45, 2.75) is 75.2 Å². The maximum atomic E-state index is 11.8. The standard InChI is InChI=1S/C20H19NO3S.C18H15NO3S.C15H15NO2.C7H7NO3.C7H6O4.C7H10O2.C6H9NS/c1-3-23-20(22)17-13-25-19(21-17)16-11-7-8-14(2)18(16)24-12-15-9-5-4-6-10-15;1-12-6-5-9-14(17-19-15(11-23-17)18(20)21)16(12)22-10-13-7-3-2-4-8-13;1-11-6-5-9-13(15(16)17)14(11)18-10-12-7-3-2-4-8-12;8-7(11)4-2-1-3-5(9)6(4)10;8-5-3-1-2-4(6(5)9)7(10)11;1-4-5(2)6(4)7(8)9-3;1-3-4(2)5(3)6(7)8/h4-11,13H,3,12H2,1-2H3;2-9,11H,10H2,1H3,(H,20,21);2-9H,10H2,1H3,(H2,16,17);1-3,9-10H,(H2,8,11);1-3,8-9H,(H,10,11);4H,1-3H3;3H,1-2H3,(H2,7,8). The predicted molar refractivity (Wildman–Crippen MR) is 407 cm³/mol. The fourth-order valence-electron chi connectivity index (χ4n) is 9.69. The number of carbonyl (C=O) groups excluding carboxylic acids is 4. The molecule has 2 atom stereocenters. The van der Waals surface area contributed by atoms with Gasteiger partial charge in [0, 0.05) is 28.2 Å². The normalized spacial score (nSPS) is 12.5. The monoisotopic (exact) mass is 1480 g/mol. The number of para-hydroxylation sites is 5. The van der Waals surface area contributed by atoms with Crippen LogP contribution in [0.15, 0.2) is 215 Å². The lowest BCUT2D eigenvalue weighted by molar-refractivity contribution is -0.135. The summed E-state index contributed by atoms with van der Waals surface area (Å²) in [6, 6.07) is 54.6. The van der Waals surface area contributed by atoms with E-state index in [0.717, 1.165) is 66.6 Å². The second-order valence-electron chi connectivity index (χ2n) is 23.2. The minimum atomic E-state index is -1.27. The van der Waals surface area contributed by atoms with E-state index in [4.69, 9.17) is 79.0 Å². The number of carboxylic acids is 2. The highest BCUT2D eigenvalue weighted by atomic mass is 32.1. The molecular formula is C80H81N5O17S3. The number of phenols is 4. The molecule has 0 bridgehead atoms. The van der Waals surface area contributed by atoms with E-state index in [0.29, 0.717) is 65.3 Å².